The molecule has 0 saturated carbocycles. The highest BCUT2D eigenvalue weighted by Gasteiger charge is 2.35. The van der Waals surface area contributed by atoms with Crippen LogP contribution >= 0.6 is 0 Å². The zero-order valence-electron chi connectivity index (χ0n) is 6.41. The molecule has 9 heavy (non-hydrogen) atoms. The molecule has 1 rings (SSSR count). The summed E-state index contributed by atoms with van der Waals surface area (Å²) in [5.74, 6) is 2.94. The van der Waals surface area contributed by atoms with E-state index >= 15 is 0 Å². The van der Waals surface area contributed by atoms with Crippen molar-refractivity contribution in [2.24, 2.45) is 5.41 Å². The molecule has 0 radical (unpaired) electrons. The number of rotatable bonds is 0. The molecule has 0 spiro atoms. The van der Waals surface area contributed by atoms with Crippen molar-refractivity contribution in [2.75, 3.05) is 17.8 Å². The standard InChI is InChI=1S/C7H15S.HI/c1-7(2)4-5-8(3)6-7;/h4-6H2,1-3H3;1H/q+1;/p-1. The van der Waals surface area contributed by atoms with Crippen LogP contribution in [0.5, 0.6) is 0 Å². The maximum Gasteiger partial charge on any atom is 0.113 e. The second-order valence-corrected chi connectivity index (χ2v) is 5.80. The van der Waals surface area contributed by atoms with Crippen molar-refractivity contribution in [1.82, 2.24) is 0 Å². The first-order valence-corrected chi connectivity index (χ1v) is 5.16. The van der Waals surface area contributed by atoms with Gasteiger partial charge in [0, 0.05) is 11.8 Å². The van der Waals surface area contributed by atoms with Crippen molar-refractivity contribution in [1.29, 1.82) is 0 Å². The van der Waals surface area contributed by atoms with Crippen LogP contribution in [0.3, 0.4) is 0 Å². The van der Waals surface area contributed by atoms with E-state index in [1.807, 2.05) is 0 Å². The van der Waals surface area contributed by atoms with E-state index in [1.165, 1.54) is 17.9 Å². The summed E-state index contributed by atoms with van der Waals surface area (Å²) in [4.78, 5) is 0. The molecule has 56 valence electrons. The predicted molar refractivity (Wildman–Crippen MR) is 41.4 cm³/mol. The zero-order chi connectivity index (χ0) is 6.20. The highest BCUT2D eigenvalue weighted by molar-refractivity contribution is 7.96. The highest BCUT2D eigenvalue weighted by atomic mass is 127. The fraction of sp³-hybridized carbons (Fsp3) is 1.00. The fourth-order valence-corrected chi connectivity index (χ4v) is 3.79. The molecule has 2 heteroatoms. The largest absolute Gasteiger partial charge is 1.00 e. The van der Waals surface area contributed by atoms with Crippen LogP contribution in [0.1, 0.15) is 20.3 Å². The van der Waals surface area contributed by atoms with E-state index in [4.69, 9.17) is 0 Å². The van der Waals surface area contributed by atoms with E-state index in [9.17, 15) is 0 Å². The summed E-state index contributed by atoms with van der Waals surface area (Å²) in [5, 5.41) is 0. The van der Waals surface area contributed by atoms with Crippen molar-refractivity contribution >= 4 is 10.9 Å². The minimum Gasteiger partial charge on any atom is -1.00 e. The lowest BCUT2D eigenvalue weighted by Crippen LogP contribution is -3.00. The van der Waals surface area contributed by atoms with Gasteiger partial charge in [-0.05, 0) is 10.9 Å². The topological polar surface area (TPSA) is 0 Å². The molecule has 0 aromatic carbocycles. The Morgan fingerprint density at radius 1 is 1.33 bits per heavy atom. The maximum atomic E-state index is 2.38. The summed E-state index contributed by atoms with van der Waals surface area (Å²) in [5.41, 5.74) is 0.678. The summed E-state index contributed by atoms with van der Waals surface area (Å²) < 4.78 is 0. The van der Waals surface area contributed by atoms with Crippen LogP contribution in [-0.2, 0) is 10.9 Å². The second kappa shape index (κ2) is 3.46. The smallest absolute Gasteiger partial charge is 0.113 e. The monoisotopic (exact) mass is 258 g/mol. The average molecular weight is 258 g/mol. The summed E-state index contributed by atoms with van der Waals surface area (Å²) in [6.07, 6.45) is 3.83. The lowest BCUT2D eigenvalue weighted by Gasteiger charge is -2.09. The van der Waals surface area contributed by atoms with Gasteiger partial charge in [0.15, 0.2) is 0 Å². The Morgan fingerprint density at radius 3 is 2.00 bits per heavy atom. The molecule has 0 bridgehead atoms. The van der Waals surface area contributed by atoms with Crippen LogP contribution in [0.25, 0.3) is 0 Å². The highest BCUT2D eigenvalue weighted by Crippen LogP contribution is 2.30. The lowest BCUT2D eigenvalue weighted by molar-refractivity contribution is -0.00000234. The van der Waals surface area contributed by atoms with E-state index < -0.39 is 0 Å². The van der Waals surface area contributed by atoms with Crippen LogP contribution in [0, 0.1) is 5.41 Å². The Labute approximate surface area is 78.2 Å². The van der Waals surface area contributed by atoms with Gasteiger partial charge in [0.2, 0.25) is 0 Å². The summed E-state index contributed by atoms with van der Waals surface area (Å²) in [6.45, 7) is 4.76. The van der Waals surface area contributed by atoms with Gasteiger partial charge in [-0.3, -0.25) is 0 Å². The maximum absolute atomic E-state index is 2.38. The van der Waals surface area contributed by atoms with Crippen molar-refractivity contribution < 1.29 is 24.0 Å². The van der Waals surface area contributed by atoms with Gasteiger partial charge in [-0.2, -0.15) is 0 Å². The summed E-state index contributed by atoms with van der Waals surface area (Å²) in [6, 6.07) is 0. The molecule has 0 amide bonds. The predicted octanol–water partition coefficient (Wildman–Crippen LogP) is -1.33. The van der Waals surface area contributed by atoms with Crippen molar-refractivity contribution in [3.63, 3.8) is 0 Å². The molecule has 1 aliphatic rings. The number of hydrogen-bond donors (Lipinski definition) is 0. The normalized spacial score (nSPS) is 31.7. The molecule has 1 heterocycles. The first-order chi connectivity index (χ1) is 3.60. The van der Waals surface area contributed by atoms with Crippen LogP contribution in [0.15, 0.2) is 0 Å². The third kappa shape index (κ3) is 3.12. The van der Waals surface area contributed by atoms with E-state index in [2.05, 4.69) is 20.1 Å². The minimum absolute atomic E-state index is 0. The van der Waals surface area contributed by atoms with Gasteiger partial charge in [-0.1, -0.05) is 13.8 Å². The number of halogens is 1. The Balaban J connectivity index is 0.000000640. The van der Waals surface area contributed by atoms with Crippen LogP contribution in [0.2, 0.25) is 0 Å². The molecule has 1 saturated heterocycles. The summed E-state index contributed by atoms with van der Waals surface area (Å²) >= 11 is 0. The van der Waals surface area contributed by atoms with Crippen molar-refractivity contribution in [2.45, 2.75) is 20.3 Å². The molecule has 1 aliphatic heterocycles. The van der Waals surface area contributed by atoms with E-state index in [1.54, 1.807) is 0 Å². The van der Waals surface area contributed by atoms with Crippen LogP contribution in [-0.4, -0.2) is 17.8 Å². The Morgan fingerprint density at radius 2 is 1.89 bits per heavy atom. The number of hydrogen-bond acceptors (Lipinski definition) is 0. The van der Waals surface area contributed by atoms with Crippen molar-refractivity contribution in [3.8, 4) is 0 Å². The minimum atomic E-state index is 0. The molecule has 1 fully saturated rings. The van der Waals surface area contributed by atoms with E-state index in [0.717, 1.165) is 10.9 Å². The van der Waals surface area contributed by atoms with Gasteiger partial charge in [0.25, 0.3) is 0 Å². The average Bonchev–Trinajstić information content (AvgIpc) is 1.82. The molecule has 0 aliphatic carbocycles. The molecular weight excluding hydrogens is 243 g/mol. The first-order valence-electron chi connectivity index (χ1n) is 3.19. The first kappa shape index (κ1) is 10.1. The Kier molecular flexibility index (Phi) is 3.88. The molecule has 0 aromatic rings. The molecule has 1 atom stereocenters. The Hall–Kier alpha value is 1.08. The van der Waals surface area contributed by atoms with Crippen LogP contribution in [0.4, 0.5) is 0 Å². The van der Waals surface area contributed by atoms with Crippen LogP contribution < -0.4 is 24.0 Å². The van der Waals surface area contributed by atoms with E-state index in [0.29, 0.717) is 5.41 Å². The van der Waals surface area contributed by atoms with Gasteiger partial charge in [-0.15, -0.1) is 0 Å². The zero-order valence-corrected chi connectivity index (χ0v) is 9.38. The second-order valence-electron chi connectivity index (χ2n) is 3.54. The van der Waals surface area contributed by atoms with Gasteiger partial charge in [0.05, 0.1) is 6.26 Å². The van der Waals surface area contributed by atoms with Gasteiger partial charge in [0.1, 0.15) is 11.5 Å². The fourth-order valence-electron chi connectivity index (χ4n) is 1.26. The molecule has 0 N–H and O–H groups in total. The molecule has 0 aromatic heterocycles. The molecular formula is C7H15IS. The third-order valence-electron chi connectivity index (χ3n) is 1.76. The van der Waals surface area contributed by atoms with Crippen molar-refractivity contribution in [3.05, 3.63) is 0 Å². The van der Waals surface area contributed by atoms with Gasteiger partial charge < -0.3 is 24.0 Å². The lowest BCUT2D eigenvalue weighted by atomic mass is 9.94. The van der Waals surface area contributed by atoms with E-state index in [-0.39, 0.29) is 24.0 Å². The van der Waals surface area contributed by atoms with Gasteiger partial charge in [-0.25, -0.2) is 0 Å². The van der Waals surface area contributed by atoms with Gasteiger partial charge >= 0.3 is 0 Å². The Bertz CT molecular complexity index is 90.9. The molecule has 1 unspecified atom stereocenters. The quantitative estimate of drug-likeness (QED) is 0.373. The third-order valence-corrected chi connectivity index (χ3v) is 3.94. The SMILES string of the molecule is C[S+]1CCC(C)(C)C1.[I-]. The summed E-state index contributed by atoms with van der Waals surface area (Å²) in [7, 11) is 0.758. The molecule has 0 nitrogen and oxygen atoms in total.